The molecule has 0 N–H and O–H groups in total. The fourth-order valence-electron chi connectivity index (χ4n) is 1.47. The number of aldehydes is 1. The van der Waals surface area contributed by atoms with Gasteiger partial charge in [-0.15, -0.1) is 0 Å². The molecule has 2 aromatic rings. The number of carbonyl (C=O) groups is 1. The van der Waals surface area contributed by atoms with Gasteiger partial charge in [-0.05, 0) is 49.2 Å². The van der Waals surface area contributed by atoms with Crippen LogP contribution in [0.5, 0.6) is 11.6 Å². The fraction of sp³-hybridized carbons (Fsp3) is 0.143. The summed E-state index contributed by atoms with van der Waals surface area (Å²) in [5.41, 5.74) is 2.80. The molecule has 0 fully saturated rings. The van der Waals surface area contributed by atoms with E-state index in [-0.39, 0.29) is 0 Å². The van der Waals surface area contributed by atoms with Crippen LogP contribution in [-0.2, 0) is 0 Å². The lowest BCUT2D eigenvalue weighted by molar-refractivity contribution is 0.112. The fourth-order valence-corrected chi connectivity index (χ4v) is 1.47. The minimum atomic E-state index is 0.339. The van der Waals surface area contributed by atoms with Gasteiger partial charge in [-0.1, -0.05) is 6.07 Å². The Labute approximate surface area is 100 Å². The molecule has 0 aliphatic rings. The SMILES string of the molecule is Cc1ccc(Oc2ncccc2C=O)cc1C. The normalized spacial score (nSPS) is 10.0. The molecule has 86 valence electrons. The number of hydrogen-bond acceptors (Lipinski definition) is 3. The van der Waals surface area contributed by atoms with Crippen molar-refractivity contribution in [3.63, 3.8) is 0 Å². The quantitative estimate of drug-likeness (QED) is 0.755. The van der Waals surface area contributed by atoms with Crippen LogP contribution in [0.2, 0.25) is 0 Å². The first-order valence-corrected chi connectivity index (χ1v) is 5.36. The molecule has 17 heavy (non-hydrogen) atoms. The molecule has 3 heteroatoms. The molecule has 0 radical (unpaired) electrons. The Morgan fingerprint density at radius 1 is 1.18 bits per heavy atom. The van der Waals surface area contributed by atoms with E-state index in [0.717, 1.165) is 11.8 Å². The van der Waals surface area contributed by atoms with Gasteiger partial charge < -0.3 is 4.74 Å². The maximum Gasteiger partial charge on any atom is 0.229 e. The summed E-state index contributed by atoms with van der Waals surface area (Å²) in [7, 11) is 0. The molecule has 3 nitrogen and oxygen atoms in total. The largest absolute Gasteiger partial charge is 0.438 e. The van der Waals surface area contributed by atoms with E-state index < -0.39 is 0 Å². The molecule has 0 unspecified atom stereocenters. The molecular weight excluding hydrogens is 214 g/mol. The van der Waals surface area contributed by atoms with Crippen molar-refractivity contribution < 1.29 is 9.53 Å². The van der Waals surface area contributed by atoms with Gasteiger partial charge in [0.05, 0.1) is 5.56 Å². The summed E-state index contributed by atoms with van der Waals surface area (Å²) in [4.78, 5) is 14.9. The second-order valence-electron chi connectivity index (χ2n) is 3.86. The van der Waals surface area contributed by atoms with Gasteiger partial charge in [0.15, 0.2) is 6.29 Å². The maximum atomic E-state index is 10.8. The Balaban J connectivity index is 2.31. The highest BCUT2D eigenvalue weighted by Crippen LogP contribution is 2.23. The van der Waals surface area contributed by atoms with Gasteiger partial charge in [0.2, 0.25) is 5.88 Å². The lowest BCUT2D eigenvalue weighted by Crippen LogP contribution is -1.93. The number of hydrogen-bond donors (Lipinski definition) is 0. The average molecular weight is 227 g/mol. The first-order valence-electron chi connectivity index (χ1n) is 5.36. The predicted molar refractivity (Wildman–Crippen MR) is 65.6 cm³/mol. The summed E-state index contributed by atoms with van der Waals surface area (Å²) in [6, 6.07) is 9.16. The molecule has 0 atom stereocenters. The molecule has 0 saturated carbocycles. The van der Waals surface area contributed by atoms with Crippen molar-refractivity contribution in [1.29, 1.82) is 0 Å². The molecule has 1 aromatic carbocycles. The van der Waals surface area contributed by atoms with E-state index in [1.54, 1.807) is 18.3 Å². The van der Waals surface area contributed by atoms with Crippen molar-refractivity contribution in [2.75, 3.05) is 0 Å². The Bertz CT molecular complexity index is 550. The zero-order chi connectivity index (χ0) is 12.3. The summed E-state index contributed by atoms with van der Waals surface area (Å²) in [5.74, 6) is 1.03. The van der Waals surface area contributed by atoms with E-state index in [1.165, 1.54) is 5.56 Å². The number of pyridine rings is 1. The highest BCUT2D eigenvalue weighted by molar-refractivity contribution is 5.78. The van der Waals surface area contributed by atoms with Gasteiger partial charge in [0, 0.05) is 6.20 Å². The molecule has 0 bridgehead atoms. The number of benzene rings is 1. The summed E-state index contributed by atoms with van der Waals surface area (Å²) in [6.07, 6.45) is 2.34. The first-order chi connectivity index (χ1) is 8.20. The third kappa shape index (κ3) is 2.50. The first kappa shape index (κ1) is 11.3. The number of aromatic nitrogens is 1. The van der Waals surface area contributed by atoms with Crippen molar-refractivity contribution in [2.45, 2.75) is 13.8 Å². The molecule has 0 saturated heterocycles. The van der Waals surface area contributed by atoms with E-state index in [0.29, 0.717) is 17.2 Å². The molecule has 0 aliphatic heterocycles. The van der Waals surface area contributed by atoms with Gasteiger partial charge in [-0.2, -0.15) is 0 Å². The van der Waals surface area contributed by atoms with Crippen LogP contribution in [0.15, 0.2) is 36.5 Å². The second kappa shape index (κ2) is 4.78. The zero-order valence-corrected chi connectivity index (χ0v) is 9.81. The Morgan fingerprint density at radius 3 is 2.71 bits per heavy atom. The highest BCUT2D eigenvalue weighted by atomic mass is 16.5. The van der Waals surface area contributed by atoms with E-state index in [4.69, 9.17) is 4.74 Å². The van der Waals surface area contributed by atoms with Crippen LogP contribution >= 0.6 is 0 Å². The van der Waals surface area contributed by atoms with Gasteiger partial charge in [-0.25, -0.2) is 4.98 Å². The van der Waals surface area contributed by atoms with E-state index >= 15 is 0 Å². The smallest absolute Gasteiger partial charge is 0.229 e. The zero-order valence-electron chi connectivity index (χ0n) is 9.81. The Hall–Kier alpha value is -2.16. The molecule has 0 aliphatic carbocycles. The van der Waals surface area contributed by atoms with E-state index in [9.17, 15) is 4.79 Å². The summed E-state index contributed by atoms with van der Waals surface area (Å²) in [5, 5.41) is 0. The second-order valence-corrected chi connectivity index (χ2v) is 3.86. The molecule has 2 rings (SSSR count). The van der Waals surface area contributed by atoms with Crippen molar-refractivity contribution in [1.82, 2.24) is 4.98 Å². The topological polar surface area (TPSA) is 39.2 Å². The number of nitrogens with zero attached hydrogens (tertiary/aromatic N) is 1. The lowest BCUT2D eigenvalue weighted by Gasteiger charge is -2.08. The summed E-state index contributed by atoms with van der Waals surface area (Å²) < 4.78 is 5.59. The van der Waals surface area contributed by atoms with Crippen molar-refractivity contribution >= 4 is 6.29 Å². The number of aryl methyl sites for hydroxylation is 2. The molecule has 0 spiro atoms. The highest BCUT2D eigenvalue weighted by Gasteiger charge is 2.05. The molecule has 1 heterocycles. The Kier molecular flexibility index (Phi) is 3.19. The number of carbonyl (C=O) groups excluding carboxylic acids is 1. The third-order valence-corrected chi connectivity index (χ3v) is 2.62. The number of rotatable bonds is 3. The van der Waals surface area contributed by atoms with Crippen LogP contribution in [0, 0.1) is 13.8 Å². The van der Waals surface area contributed by atoms with Crippen LogP contribution in [0.25, 0.3) is 0 Å². The average Bonchev–Trinajstić information content (AvgIpc) is 2.34. The van der Waals surface area contributed by atoms with Crippen LogP contribution in [0.1, 0.15) is 21.5 Å². The maximum absolute atomic E-state index is 10.8. The van der Waals surface area contributed by atoms with Crippen LogP contribution < -0.4 is 4.74 Å². The standard InChI is InChI=1S/C14H13NO2/c1-10-5-6-13(8-11(10)2)17-14-12(9-16)4-3-7-15-14/h3-9H,1-2H3. The van der Waals surface area contributed by atoms with Gasteiger partial charge in [0.1, 0.15) is 5.75 Å². The summed E-state index contributed by atoms with van der Waals surface area (Å²) in [6.45, 7) is 4.05. The van der Waals surface area contributed by atoms with Crippen LogP contribution in [-0.4, -0.2) is 11.3 Å². The van der Waals surface area contributed by atoms with Crippen LogP contribution in [0.4, 0.5) is 0 Å². The predicted octanol–water partition coefficient (Wildman–Crippen LogP) is 3.30. The summed E-state index contributed by atoms with van der Waals surface area (Å²) >= 11 is 0. The molecule has 1 aromatic heterocycles. The Morgan fingerprint density at radius 2 is 2.00 bits per heavy atom. The van der Waals surface area contributed by atoms with Gasteiger partial charge >= 0.3 is 0 Å². The van der Waals surface area contributed by atoms with E-state index in [2.05, 4.69) is 4.98 Å². The third-order valence-electron chi connectivity index (χ3n) is 2.62. The lowest BCUT2D eigenvalue weighted by atomic mass is 10.1. The van der Waals surface area contributed by atoms with Gasteiger partial charge in [-0.3, -0.25) is 4.79 Å². The minimum absolute atomic E-state index is 0.339. The van der Waals surface area contributed by atoms with Crippen molar-refractivity contribution in [3.05, 3.63) is 53.2 Å². The van der Waals surface area contributed by atoms with Crippen molar-refractivity contribution in [3.8, 4) is 11.6 Å². The monoisotopic (exact) mass is 227 g/mol. The molecular formula is C14H13NO2. The van der Waals surface area contributed by atoms with Gasteiger partial charge in [0.25, 0.3) is 0 Å². The van der Waals surface area contributed by atoms with E-state index in [1.807, 2.05) is 32.0 Å². The van der Waals surface area contributed by atoms with Crippen molar-refractivity contribution in [2.24, 2.45) is 0 Å². The molecule has 0 amide bonds. The van der Waals surface area contributed by atoms with Crippen LogP contribution in [0.3, 0.4) is 0 Å². The number of ether oxygens (including phenoxy) is 1. The minimum Gasteiger partial charge on any atom is -0.438 e.